The summed E-state index contributed by atoms with van der Waals surface area (Å²) >= 11 is 2.24. The Balaban J connectivity index is 2.93. The highest BCUT2D eigenvalue weighted by atomic mass is 127. The standard InChI is InChI=1S/C8H9IN4/c1-6(9)5-13-8-7(4-10)11-2-3-12-8/h2-6,10H,1H3/b10-4?,13-5-. The minimum Gasteiger partial charge on any atom is -0.306 e. The molecule has 0 fully saturated rings. The zero-order valence-electron chi connectivity index (χ0n) is 7.11. The van der Waals surface area contributed by atoms with E-state index in [0.717, 1.165) is 6.21 Å². The highest BCUT2D eigenvalue weighted by molar-refractivity contribution is 14.1. The average molecular weight is 288 g/mol. The topological polar surface area (TPSA) is 62.0 Å². The Morgan fingerprint density at radius 1 is 1.54 bits per heavy atom. The molecule has 13 heavy (non-hydrogen) atoms. The van der Waals surface area contributed by atoms with E-state index in [9.17, 15) is 0 Å². The molecule has 0 amide bonds. The van der Waals surface area contributed by atoms with Gasteiger partial charge in [-0.3, -0.25) is 0 Å². The third kappa shape index (κ3) is 3.17. The Labute approximate surface area is 90.2 Å². The summed E-state index contributed by atoms with van der Waals surface area (Å²) < 4.78 is 0.346. The fourth-order valence-corrected chi connectivity index (χ4v) is 0.877. The second kappa shape index (κ2) is 5.00. The van der Waals surface area contributed by atoms with Gasteiger partial charge in [-0.25, -0.2) is 15.0 Å². The molecule has 0 aliphatic rings. The molecular formula is C8H9IN4. The van der Waals surface area contributed by atoms with Crippen molar-refractivity contribution in [1.29, 1.82) is 5.41 Å². The second-order valence-corrected chi connectivity index (χ2v) is 4.33. The van der Waals surface area contributed by atoms with Crippen molar-refractivity contribution in [2.45, 2.75) is 10.8 Å². The number of hydrogen-bond donors (Lipinski definition) is 1. The van der Waals surface area contributed by atoms with Gasteiger partial charge in [0.05, 0.1) is 0 Å². The smallest absolute Gasteiger partial charge is 0.179 e. The molecule has 1 N–H and O–H groups in total. The average Bonchev–Trinajstić information content (AvgIpc) is 2.15. The van der Waals surface area contributed by atoms with Crippen molar-refractivity contribution < 1.29 is 0 Å². The number of aromatic nitrogens is 2. The first-order valence-electron chi connectivity index (χ1n) is 3.74. The lowest BCUT2D eigenvalue weighted by Crippen LogP contribution is -1.93. The predicted octanol–water partition coefficient (Wildman–Crippen LogP) is 2.00. The molecule has 1 aromatic heterocycles. The maximum atomic E-state index is 7.07. The lowest BCUT2D eigenvalue weighted by atomic mass is 10.4. The van der Waals surface area contributed by atoms with E-state index in [4.69, 9.17) is 5.41 Å². The zero-order chi connectivity index (χ0) is 9.68. The zero-order valence-corrected chi connectivity index (χ0v) is 9.26. The molecule has 0 saturated carbocycles. The molecule has 5 heteroatoms. The van der Waals surface area contributed by atoms with Crippen LogP contribution in [0.2, 0.25) is 0 Å². The summed E-state index contributed by atoms with van der Waals surface area (Å²) in [5.41, 5.74) is 0.496. The molecule has 68 valence electrons. The van der Waals surface area contributed by atoms with Crippen LogP contribution in [0.4, 0.5) is 5.82 Å². The first-order chi connectivity index (χ1) is 6.24. The molecule has 0 radical (unpaired) electrons. The summed E-state index contributed by atoms with van der Waals surface area (Å²) in [6.07, 6.45) is 6.04. The van der Waals surface area contributed by atoms with E-state index < -0.39 is 0 Å². The first-order valence-corrected chi connectivity index (χ1v) is 4.98. The van der Waals surface area contributed by atoms with Gasteiger partial charge in [0.15, 0.2) is 5.82 Å². The third-order valence-electron chi connectivity index (χ3n) is 1.25. The van der Waals surface area contributed by atoms with E-state index >= 15 is 0 Å². The number of rotatable bonds is 3. The molecule has 0 aliphatic carbocycles. The van der Waals surface area contributed by atoms with Crippen molar-refractivity contribution in [3.8, 4) is 0 Å². The summed E-state index contributed by atoms with van der Waals surface area (Å²) in [4.78, 5) is 12.1. The molecular weight excluding hydrogens is 279 g/mol. The molecule has 1 rings (SSSR count). The summed E-state index contributed by atoms with van der Waals surface area (Å²) in [6, 6.07) is 0. The normalized spacial score (nSPS) is 13.1. The van der Waals surface area contributed by atoms with Crippen LogP contribution in [0.5, 0.6) is 0 Å². The molecule has 0 aliphatic heterocycles. The van der Waals surface area contributed by atoms with Crippen LogP contribution < -0.4 is 0 Å². The number of nitrogens with one attached hydrogen (secondary N) is 1. The van der Waals surface area contributed by atoms with E-state index in [1.54, 1.807) is 18.6 Å². The van der Waals surface area contributed by atoms with E-state index in [2.05, 4.69) is 37.6 Å². The van der Waals surface area contributed by atoms with Crippen molar-refractivity contribution in [2.24, 2.45) is 4.99 Å². The fraction of sp³-hybridized carbons (Fsp3) is 0.250. The Bertz CT molecular complexity index is 322. The SMILES string of the molecule is CC(I)/C=N\c1nccnc1C=N. The lowest BCUT2D eigenvalue weighted by molar-refractivity contribution is 1.16. The largest absolute Gasteiger partial charge is 0.306 e. The third-order valence-corrected chi connectivity index (χ3v) is 1.57. The van der Waals surface area contributed by atoms with E-state index in [1.807, 2.05) is 6.92 Å². The van der Waals surface area contributed by atoms with Crippen LogP contribution in [0.3, 0.4) is 0 Å². The van der Waals surface area contributed by atoms with Gasteiger partial charge in [0.25, 0.3) is 0 Å². The molecule has 1 atom stereocenters. The molecule has 1 aromatic rings. The van der Waals surface area contributed by atoms with Crippen LogP contribution >= 0.6 is 22.6 Å². The van der Waals surface area contributed by atoms with Crippen LogP contribution in [-0.4, -0.2) is 26.3 Å². The van der Waals surface area contributed by atoms with Crippen molar-refractivity contribution in [3.05, 3.63) is 18.1 Å². The van der Waals surface area contributed by atoms with Crippen molar-refractivity contribution >= 4 is 40.8 Å². The Morgan fingerprint density at radius 3 is 2.85 bits per heavy atom. The van der Waals surface area contributed by atoms with Crippen LogP contribution in [0.15, 0.2) is 17.4 Å². The second-order valence-electron chi connectivity index (χ2n) is 2.37. The quantitative estimate of drug-likeness (QED) is 0.525. The molecule has 0 saturated heterocycles. The Kier molecular flexibility index (Phi) is 3.94. The van der Waals surface area contributed by atoms with Gasteiger partial charge in [-0.05, 0) is 6.92 Å². The minimum atomic E-state index is 0.346. The number of alkyl halides is 1. The van der Waals surface area contributed by atoms with Crippen LogP contribution in [0, 0.1) is 5.41 Å². The number of hydrogen-bond acceptors (Lipinski definition) is 4. The van der Waals surface area contributed by atoms with Gasteiger partial charge in [0.2, 0.25) is 0 Å². The minimum absolute atomic E-state index is 0.346. The van der Waals surface area contributed by atoms with E-state index in [0.29, 0.717) is 15.4 Å². The molecule has 1 unspecified atom stereocenters. The predicted molar refractivity (Wildman–Crippen MR) is 61.6 cm³/mol. The molecule has 0 aromatic carbocycles. The van der Waals surface area contributed by atoms with Crippen molar-refractivity contribution in [3.63, 3.8) is 0 Å². The summed E-state index contributed by atoms with van der Waals surface area (Å²) in [5, 5.41) is 7.07. The summed E-state index contributed by atoms with van der Waals surface area (Å²) in [6.45, 7) is 2.02. The maximum absolute atomic E-state index is 7.07. The highest BCUT2D eigenvalue weighted by Crippen LogP contribution is 2.09. The maximum Gasteiger partial charge on any atom is 0.179 e. The van der Waals surface area contributed by atoms with Gasteiger partial charge in [-0.2, -0.15) is 0 Å². The Morgan fingerprint density at radius 2 is 2.23 bits per heavy atom. The lowest BCUT2D eigenvalue weighted by Gasteiger charge is -1.96. The fourth-order valence-electron chi connectivity index (χ4n) is 0.716. The number of halogens is 1. The van der Waals surface area contributed by atoms with Crippen LogP contribution in [0.1, 0.15) is 12.6 Å². The van der Waals surface area contributed by atoms with Gasteiger partial charge >= 0.3 is 0 Å². The van der Waals surface area contributed by atoms with Gasteiger partial charge in [-0.1, -0.05) is 22.6 Å². The van der Waals surface area contributed by atoms with Gasteiger partial charge in [0.1, 0.15) is 5.69 Å². The molecule has 4 nitrogen and oxygen atoms in total. The Hall–Kier alpha value is -0.850. The summed E-state index contributed by atoms with van der Waals surface area (Å²) in [7, 11) is 0. The van der Waals surface area contributed by atoms with Crippen molar-refractivity contribution in [2.75, 3.05) is 0 Å². The van der Waals surface area contributed by atoms with Gasteiger partial charge in [-0.15, -0.1) is 0 Å². The van der Waals surface area contributed by atoms with Crippen LogP contribution in [0.25, 0.3) is 0 Å². The number of nitrogens with zero attached hydrogens (tertiary/aromatic N) is 3. The van der Waals surface area contributed by atoms with Crippen molar-refractivity contribution in [1.82, 2.24) is 9.97 Å². The monoisotopic (exact) mass is 288 g/mol. The van der Waals surface area contributed by atoms with Crippen LogP contribution in [-0.2, 0) is 0 Å². The van der Waals surface area contributed by atoms with E-state index in [-0.39, 0.29) is 0 Å². The highest BCUT2D eigenvalue weighted by Gasteiger charge is 1.98. The summed E-state index contributed by atoms with van der Waals surface area (Å²) in [5.74, 6) is 0.501. The first kappa shape index (κ1) is 10.2. The van der Waals surface area contributed by atoms with Gasteiger partial charge < -0.3 is 5.41 Å². The molecule has 1 heterocycles. The van der Waals surface area contributed by atoms with Gasteiger partial charge in [0, 0.05) is 28.7 Å². The molecule has 0 bridgehead atoms. The molecule has 0 spiro atoms. The van der Waals surface area contributed by atoms with E-state index in [1.165, 1.54) is 0 Å². The number of aliphatic imine (C=N–C) groups is 1.